The molecule has 3 heteroatoms. The Balaban J connectivity index is 2.48. The second kappa shape index (κ2) is 6.89. The van der Waals surface area contributed by atoms with Crippen LogP contribution in [0, 0.1) is 5.92 Å². The molecule has 0 fully saturated rings. The van der Waals surface area contributed by atoms with E-state index in [1.165, 1.54) is 11.1 Å². The molecule has 0 bridgehead atoms. The first kappa shape index (κ1) is 16.7. The number of nitrogens with zero attached hydrogens (tertiary/aromatic N) is 1. The van der Waals surface area contributed by atoms with Crippen LogP contribution in [0.3, 0.4) is 0 Å². The van der Waals surface area contributed by atoms with E-state index in [9.17, 15) is 4.79 Å². The van der Waals surface area contributed by atoms with Gasteiger partial charge < -0.3 is 10.0 Å². The zero-order chi connectivity index (χ0) is 15.3. The zero-order valence-electron chi connectivity index (χ0n) is 13.3. The van der Waals surface area contributed by atoms with Crippen molar-refractivity contribution in [3.63, 3.8) is 0 Å². The van der Waals surface area contributed by atoms with E-state index in [0.717, 1.165) is 13.0 Å². The Bertz CT molecular complexity index is 431. The Labute approximate surface area is 122 Å². The third-order valence-electron chi connectivity index (χ3n) is 3.61. The fourth-order valence-corrected chi connectivity index (χ4v) is 2.13. The minimum Gasteiger partial charge on any atom is -0.481 e. The van der Waals surface area contributed by atoms with Gasteiger partial charge in [-0.3, -0.25) is 4.79 Å². The molecule has 1 aromatic carbocycles. The van der Waals surface area contributed by atoms with Crippen molar-refractivity contribution < 1.29 is 9.90 Å². The molecule has 0 aliphatic carbocycles. The maximum Gasteiger partial charge on any atom is 0.307 e. The van der Waals surface area contributed by atoms with Crippen LogP contribution in [0.4, 0.5) is 0 Å². The van der Waals surface area contributed by atoms with E-state index in [1.807, 2.05) is 7.05 Å². The molecule has 1 atom stereocenters. The molecule has 0 saturated carbocycles. The van der Waals surface area contributed by atoms with Crippen molar-refractivity contribution in [2.75, 3.05) is 20.1 Å². The van der Waals surface area contributed by atoms with Gasteiger partial charge in [0.15, 0.2) is 0 Å². The average Bonchev–Trinajstić information content (AvgIpc) is 2.35. The largest absolute Gasteiger partial charge is 0.481 e. The van der Waals surface area contributed by atoms with Gasteiger partial charge >= 0.3 is 5.97 Å². The van der Waals surface area contributed by atoms with Crippen molar-refractivity contribution in [2.24, 2.45) is 5.92 Å². The molecule has 0 aliphatic heterocycles. The topological polar surface area (TPSA) is 40.5 Å². The number of carboxylic acid groups (broad SMARTS) is 1. The summed E-state index contributed by atoms with van der Waals surface area (Å²) in [5, 5.41) is 8.90. The summed E-state index contributed by atoms with van der Waals surface area (Å²) in [6.45, 7) is 9.86. The highest BCUT2D eigenvalue weighted by Crippen LogP contribution is 2.22. The second-order valence-electron chi connectivity index (χ2n) is 6.70. The Morgan fingerprint density at radius 3 is 2.25 bits per heavy atom. The quantitative estimate of drug-likeness (QED) is 0.868. The van der Waals surface area contributed by atoms with Crippen LogP contribution in [-0.2, 0) is 16.6 Å². The first-order valence-electron chi connectivity index (χ1n) is 7.21. The zero-order valence-corrected chi connectivity index (χ0v) is 13.3. The molecule has 0 saturated heterocycles. The third kappa shape index (κ3) is 5.33. The Hall–Kier alpha value is -1.35. The van der Waals surface area contributed by atoms with E-state index in [0.29, 0.717) is 6.54 Å². The predicted molar refractivity (Wildman–Crippen MR) is 83.1 cm³/mol. The van der Waals surface area contributed by atoms with Crippen LogP contribution in [0.15, 0.2) is 24.3 Å². The van der Waals surface area contributed by atoms with Gasteiger partial charge in [-0.2, -0.15) is 0 Å². The Morgan fingerprint density at radius 1 is 1.25 bits per heavy atom. The molecule has 112 valence electrons. The number of carboxylic acids is 1. The average molecular weight is 277 g/mol. The van der Waals surface area contributed by atoms with Crippen LogP contribution in [-0.4, -0.2) is 36.1 Å². The SMILES string of the molecule is CC(CN(C)CCc1ccc(C(C)(C)C)cc1)C(=O)O. The molecular formula is C17H27NO2. The van der Waals surface area contributed by atoms with Crippen molar-refractivity contribution in [3.05, 3.63) is 35.4 Å². The first-order valence-corrected chi connectivity index (χ1v) is 7.21. The van der Waals surface area contributed by atoms with Crippen LogP contribution in [0.25, 0.3) is 0 Å². The molecule has 0 heterocycles. The monoisotopic (exact) mass is 277 g/mol. The van der Waals surface area contributed by atoms with Gasteiger partial charge in [0.05, 0.1) is 5.92 Å². The molecular weight excluding hydrogens is 250 g/mol. The fraction of sp³-hybridized carbons (Fsp3) is 0.588. The number of carbonyl (C=O) groups is 1. The molecule has 1 N–H and O–H groups in total. The van der Waals surface area contributed by atoms with E-state index < -0.39 is 5.97 Å². The van der Waals surface area contributed by atoms with Crippen molar-refractivity contribution in [1.29, 1.82) is 0 Å². The summed E-state index contributed by atoms with van der Waals surface area (Å²) < 4.78 is 0. The molecule has 0 aliphatic rings. The molecule has 1 rings (SSSR count). The van der Waals surface area contributed by atoms with Gasteiger partial charge in [0.2, 0.25) is 0 Å². The van der Waals surface area contributed by atoms with Crippen LogP contribution < -0.4 is 0 Å². The van der Waals surface area contributed by atoms with Crippen LogP contribution in [0.5, 0.6) is 0 Å². The molecule has 1 unspecified atom stereocenters. The first-order chi connectivity index (χ1) is 9.20. The summed E-state index contributed by atoms with van der Waals surface area (Å²) in [7, 11) is 1.98. The molecule has 20 heavy (non-hydrogen) atoms. The lowest BCUT2D eigenvalue weighted by Crippen LogP contribution is -2.30. The predicted octanol–water partition coefficient (Wildman–Crippen LogP) is 3.18. The van der Waals surface area contributed by atoms with Crippen molar-refractivity contribution in [3.8, 4) is 0 Å². The number of likely N-dealkylation sites (N-methyl/N-ethyl adjacent to an activating group) is 1. The molecule has 3 nitrogen and oxygen atoms in total. The third-order valence-corrected chi connectivity index (χ3v) is 3.61. The number of aliphatic carboxylic acids is 1. The number of hydrogen-bond acceptors (Lipinski definition) is 2. The molecule has 0 radical (unpaired) electrons. The van der Waals surface area contributed by atoms with Crippen molar-refractivity contribution >= 4 is 5.97 Å². The lowest BCUT2D eigenvalue weighted by molar-refractivity contribution is -0.141. The van der Waals surface area contributed by atoms with Crippen molar-refractivity contribution in [1.82, 2.24) is 4.90 Å². The van der Waals surface area contributed by atoms with E-state index in [4.69, 9.17) is 5.11 Å². The van der Waals surface area contributed by atoms with E-state index in [1.54, 1.807) is 6.92 Å². The van der Waals surface area contributed by atoms with Gasteiger partial charge in [-0.15, -0.1) is 0 Å². The standard InChI is InChI=1S/C17H27NO2/c1-13(16(19)20)12-18(5)11-10-14-6-8-15(9-7-14)17(2,3)4/h6-9,13H,10-12H2,1-5H3,(H,19,20). The highest BCUT2D eigenvalue weighted by atomic mass is 16.4. The van der Waals surface area contributed by atoms with Gasteiger partial charge in [-0.05, 0) is 30.0 Å². The molecule has 0 spiro atoms. The van der Waals surface area contributed by atoms with Gasteiger partial charge in [0.25, 0.3) is 0 Å². The van der Waals surface area contributed by atoms with E-state index in [2.05, 4.69) is 49.9 Å². The smallest absolute Gasteiger partial charge is 0.307 e. The maximum atomic E-state index is 10.8. The summed E-state index contributed by atoms with van der Waals surface area (Å²) in [4.78, 5) is 12.9. The fourth-order valence-electron chi connectivity index (χ4n) is 2.13. The van der Waals surface area contributed by atoms with Crippen LogP contribution in [0.1, 0.15) is 38.8 Å². The van der Waals surface area contributed by atoms with Crippen LogP contribution in [0.2, 0.25) is 0 Å². The van der Waals surface area contributed by atoms with Gasteiger partial charge in [-0.1, -0.05) is 52.0 Å². The minimum atomic E-state index is -0.730. The maximum absolute atomic E-state index is 10.8. The van der Waals surface area contributed by atoms with Crippen LogP contribution >= 0.6 is 0 Å². The highest BCUT2D eigenvalue weighted by molar-refractivity contribution is 5.69. The molecule has 1 aromatic rings. The lowest BCUT2D eigenvalue weighted by atomic mass is 9.86. The lowest BCUT2D eigenvalue weighted by Gasteiger charge is -2.20. The van der Waals surface area contributed by atoms with Gasteiger partial charge in [0.1, 0.15) is 0 Å². The number of benzene rings is 1. The van der Waals surface area contributed by atoms with Crippen molar-refractivity contribution in [2.45, 2.75) is 39.5 Å². The van der Waals surface area contributed by atoms with Gasteiger partial charge in [0, 0.05) is 13.1 Å². The van der Waals surface area contributed by atoms with E-state index >= 15 is 0 Å². The summed E-state index contributed by atoms with van der Waals surface area (Å²) in [5.74, 6) is -1.05. The summed E-state index contributed by atoms with van der Waals surface area (Å²) >= 11 is 0. The number of hydrogen-bond donors (Lipinski definition) is 1. The Kier molecular flexibility index (Phi) is 5.75. The van der Waals surface area contributed by atoms with E-state index in [-0.39, 0.29) is 11.3 Å². The normalized spacial score (nSPS) is 13.5. The summed E-state index contributed by atoms with van der Waals surface area (Å²) in [6, 6.07) is 8.73. The molecule has 0 amide bonds. The summed E-state index contributed by atoms with van der Waals surface area (Å²) in [5.41, 5.74) is 2.83. The minimum absolute atomic E-state index is 0.187. The molecule has 0 aromatic heterocycles. The highest BCUT2D eigenvalue weighted by Gasteiger charge is 2.14. The second-order valence-corrected chi connectivity index (χ2v) is 6.70. The van der Waals surface area contributed by atoms with Gasteiger partial charge in [-0.25, -0.2) is 0 Å². The number of rotatable bonds is 6. The Morgan fingerprint density at radius 2 is 1.80 bits per heavy atom. The summed E-state index contributed by atoms with van der Waals surface area (Å²) in [6.07, 6.45) is 0.952.